The molecule has 146 valence electrons. The topological polar surface area (TPSA) is 116 Å². The van der Waals surface area contributed by atoms with Crippen molar-refractivity contribution in [1.82, 2.24) is 19.5 Å². The van der Waals surface area contributed by atoms with Gasteiger partial charge in [0.25, 0.3) is 0 Å². The first-order valence-corrected chi connectivity index (χ1v) is 9.00. The fourth-order valence-electron chi connectivity index (χ4n) is 4.06. The fourth-order valence-corrected chi connectivity index (χ4v) is 4.06. The molecule has 0 amide bonds. The Morgan fingerprint density at radius 1 is 1.00 bits per heavy atom. The van der Waals surface area contributed by atoms with E-state index in [0.29, 0.717) is 23.6 Å². The van der Waals surface area contributed by atoms with E-state index < -0.39 is 17.8 Å². The Kier molecular flexibility index (Phi) is 3.57. The van der Waals surface area contributed by atoms with Crippen LogP contribution in [0, 0.1) is 0 Å². The minimum atomic E-state index is -0.727. The van der Waals surface area contributed by atoms with E-state index in [-0.39, 0.29) is 24.4 Å². The number of aromatic nitrogens is 4. The fraction of sp³-hybridized carbons (Fsp3) is 0.706. The SMILES string of the molecule is CC1(C)O[C@@H]2[C@H]([C@H]3COC(C)(C)O3)O[C@H](n3cnc4c(N)ncnc43)[C@@H]2O1. The highest BCUT2D eigenvalue weighted by atomic mass is 16.8. The molecule has 5 rings (SSSR count). The smallest absolute Gasteiger partial charge is 0.167 e. The summed E-state index contributed by atoms with van der Waals surface area (Å²) in [5.41, 5.74) is 7.03. The van der Waals surface area contributed by atoms with Gasteiger partial charge >= 0.3 is 0 Å². The van der Waals surface area contributed by atoms with Crippen molar-refractivity contribution in [2.24, 2.45) is 0 Å². The van der Waals surface area contributed by atoms with Crippen LogP contribution in [0.15, 0.2) is 12.7 Å². The molecule has 3 fully saturated rings. The van der Waals surface area contributed by atoms with Crippen molar-refractivity contribution in [3.8, 4) is 0 Å². The van der Waals surface area contributed by atoms with Crippen LogP contribution in [0.4, 0.5) is 5.82 Å². The molecule has 0 radical (unpaired) electrons. The Bertz CT molecular complexity index is 884. The van der Waals surface area contributed by atoms with Gasteiger partial charge in [-0.25, -0.2) is 15.0 Å². The Hall–Kier alpha value is -1.85. The van der Waals surface area contributed by atoms with E-state index in [4.69, 9.17) is 29.4 Å². The predicted molar refractivity (Wildman–Crippen MR) is 92.4 cm³/mol. The lowest BCUT2D eigenvalue weighted by Crippen LogP contribution is -2.40. The van der Waals surface area contributed by atoms with Gasteiger partial charge in [0.15, 0.2) is 29.3 Å². The first kappa shape index (κ1) is 17.3. The molecule has 2 N–H and O–H groups in total. The zero-order valence-electron chi connectivity index (χ0n) is 15.7. The minimum absolute atomic E-state index is 0.260. The minimum Gasteiger partial charge on any atom is -0.382 e. The molecule has 5 atom stereocenters. The summed E-state index contributed by atoms with van der Waals surface area (Å²) in [6.07, 6.45) is 1.32. The number of hydrogen-bond donors (Lipinski definition) is 1. The van der Waals surface area contributed by atoms with Gasteiger partial charge in [0, 0.05) is 0 Å². The Balaban J connectivity index is 1.52. The molecule has 10 nitrogen and oxygen atoms in total. The van der Waals surface area contributed by atoms with Crippen LogP contribution in [0.25, 0.3) is 11.2 Å². The molecule has 27 heavy (non-hydrogen) atoms. The van der Waals surface area contributed by atoms with Crippen LogP contribution in [0.2, 0.25) is 0 Å². The molecule has 3 aliphatic rings. The second kappa shape index (κ2) is 5.58. The van der Waals surface area contributed by atoms with Gasteiger partial charge in [0.2, 0.25) is 0 Å². The molecule has 0 aliphatic carbocycles. The summed E-state index contributed by atoms with van der Waals surface area (Å²) >= 11 is 0. The summed E-state index contributed by atoms with van der Waals surface area (Å²) < 4.78 is 32.2. The average Bonchev–Trinajstić information content (AvgIpc) is 3.29. The van der Waals surface area contributed by atoms with Crippen LogP contribution in [-0.2, 0) is 23.7 Å². The van der Waals surface area contributed by atoms with Crippen LogP contribution in [0.3, 0.4) is 0 Å². The molecule has 3 saturated heterocycles. The number of imidazole rings is 1. The highest BCUT2D eigenvalue weighted by Gasteiger charge is 2.59. The van der Waals surface area contributed by atoms with Crippen molar-refractivity contribution in [3.05, 3.63) is 12.7 Å². The zero-order chi connectivity index (χ0) is 19.0. The first-order valence-electron chi connectivity index (χ1n) is 9.00. The number of nitrogens with two attached hydrogens (primary N) is 1. The van der Waals surface area contributed by atoms with Crippen LogP contribution in [0.5, 0.6) is 0 Å². The van der Waals surface area contributed by atoms with Crippen LogP contribution < -0.4 is 5.73 Å². The largest absolute Gasteiger partial charge is 0.382 e. The predicted octanol–water partition coefficient (Wildman–Crippen LogP) is 0.977. The summed E-state index contributed by atoms with van der Waals surface area (Å²) in [7, 11) is 0. The maximum absolute atomic E-state index is 6.36. The van der Waals surface area contributed by atoms with Crippen molar-refractivity contribution >= 4 is 17.0 Å². The number of nitrogens with zero attached hydrogens (tertiary/aromatic N) is 4. The van der Waals surface area contributed by atoms with E-state index in [1.54, 1.807) is 6.33 Å². The lowest BCUT2D eigenvalue weighted by atomic mass is 10.1. The lowest BCUT2D eigenvalue weighted by molar-refractivity contribution is -0.215. The second-order valence-electron chi connectivity index (χ2n) is 8.01. The third-order valence-corrected chi connectivity index (χ3v) is 5.12. The van der Waals surface area contributed by atoms with E-state index in [0.717, 1.165) is 0 Å². The van der Waals surface area contributed by atoms with Gasteiger partial charge in [0.1, 0.15) is 36.3 Å². The van der Waals surface area contributed by atoms with Gasteiger partial charge in [-0.05, 0) is 27.7 Å². The molecule has 2 aromatic heterocycles. The number of fused-ring (bicyclic) bond motifs is 2. The maximum atomic E-state index is 6.36. The van der Waals surface area contributed by atoms with Gasteiger partial charge in [-0.1, -0.05) is 0 Å². The molecule has 0 saturated carbocycles. The van der Waals surface area contributed by atoms with Crippen molar-refractivity contribution < 1.29 is 23.7 Å². The van der Waals surface area contributed by atoms with Gasteiger partial charge in [-0.15, -0.1) is 0 Å². The summed E-state index contributed by atoms with van der Waals surface area (Å²) in [6, 6.07) is 0. The second-order valence-corrected chi connectivity index (χ2v) is 8.01. The Labute approximate surface area is 155 Å². The van der Waals surface area contributed by atoms with Crippen molar-refractivity contribution in [2.45, 2.75) is 69.9 Å². The number of ether oxygens (including phenoxy) is 5. The Morgan fingerprint density at radius 3 is 2.52 bits per heavy atom. The van der Waals surface area contributed by atoms with E-state index >= 15 is 0 Å². The molecule has 10 heteroatoms. The first-order chi connectivity index (χ1) is 12.7. The molecule has 5 heterocycles. The van der Waals surface area contributed by atoms with E-state index in [1.807, 2.05) is 32.3 Å². The molecule has 0 bridgehead atoms. The van der Waals surface area contributed by atoms with Gasteiger partial charge in [-0.3, -0.25) is 4.57 Å². The van der Waals surface area contributed by atoms with Crippen LogP contribution in [0.1, 0.15) is 33.9 Å². The van der Waals surface area contributed by atoms with Gasteiger partial charge in [-0.2, -0.15) is 0 Å². The number of rotatable bonds is 2. The zero-order valence-corrected chi connectivity index (χ0v) is 15.7. The standard InChI is InChI=1S/C17H23N5O5/c1-16(2)23-5-8(25-16)10-11-12(27-17(3,4)26-11)15(24-10)22-7-21-9-13(18)19-6-20-14(9)22/h6-8,10-12,15H,5H2,1-4H3,(H2,18,19,20)/t8-,10+,11-,12-,15+/m1/s1. The van der Waals surface area contributed by atoms with E-state index in [1.165, 1.54) is 6.33 Å². The van der Waals surface area contributed by atoms with Crippen molar-refractivity contribution in [1.29, 1.82) is 0 Å². The number of nitrogen functional groups attached to an aromatic ring is 1. The summed E-state index contributed by atoms with van der Waals surface area (Å²) in [4.78, 5) is 12.6. The third-order valence-electron chi connectivity index (χ3n) is 5.12. The molecule has 2 aromatic rings. The molecular formula is C17H23N5O5. The Morgan fingerprint density at radius 2 is 1.78 bits per heavy atom. The average molecular weight is 377 g/mol. The quantitative estimate of drug-likeness (QED) is 0.817. The van der Waals surface area contributed by atoms with Crippen LogP contribution >= 0.6 is 0 Å². The third kappa shape index (κ3) is 2.71. The normalized spacial score (nSPS) is 37.1. The highest BCUT2D eigenvalue weighted by Crippen LogP contribution is 2.46. The summed E-state index contributed by atoms with van der Waals surface area (Å²) in [5, 5.41) is 0. The number of hydrogen-bond acceptors (Lipinski definition) is 9. The monoisotopic (exact) mass is 377 g/mol. The highest BCUT2D eigenvalue weighted by molar-refractivity contribution is 5.81. The number of anilines is 1. The lowest BCUT2D eigenvalue weighted by Gasteiger charge is -2.27. The molecular weight excluding hydrogens is 354 g/mol. The van der Waals surface area contributed by atoms with Crippen LogP contribution in [-0.4, -0.2) is 62.1 Å². The van der Waals surface area contributed by atoms with E-state index in [9.17, 15) is 0 Å². The van der Waals surface area contributed by atoms with E-state index in [2.05, 4.69) is 15.0 Å². The van der Waals surface area contributed by atoms with Gasteiger partial charge in [0.05, 0.1) is 12.9 Å². The molecule has 0 spiro atoms. The van der Waals surface area contributed by atoms with Gasteiger partial charge < -0.3 is 29.4 Å². The summed E-state index contributed by atoms with van der Waals surface area (Å²) in [5.74, 6) is -1.06. The molecule has 3 aliphatic heterocycles. The summed E-state index contributed by atoms with van der Waals surface area (Å²) in [6.45, 7) is 7.98. The molecule has 0 unspecified atom stereocenters. The van der Waals surface area contributed by atoms with Crippen molar-refractivity contribution in [2.75, 3.05) is 12.3 Å². The molecule has 0 aromatic carbocycles. The maximum Gasteiger partial charge on any atom is 0.167 e. The van der Waals surface area contributed by atoms with Crippen molar-refractivity contribution in [3.63, 3.8) is 0 Å².